The van der Waals surface area contributed by atoms with Gasteiger partial charge in [-0.25, -0.2) is 4.79 Å². The molecule has 0 aromatic heterocycles. The van der Waals surface area contributed by atoms with Crippen LogP contribution in [0.15, 0.2) is 58.9 Å². The van der Waals surface area contributed by atoms with Crippen LogP contribution in [0.4, 0.5) is 4.79 Å². The largest absolute Gasteiger partial charge is 0.500 e. The van der Waals surface area contributed by atoms with E-state index in [2.05, 4.69) is 28.8 Å². The predicted molar refractivity (Wildman–Crippen MR) is 114 cm³/mol. The van der Waals surface area contributed by atoms with E-state index in [4.69, 9.17) is 4.74 Å². The van der Waals surface area contributed by atoms with Crippen LogP contribution < -0.4 is 10.0 Å². The number of nitrogens with one attached hydrogen (secondary N) is 2. The lowest BCUT2D eigenvalue weighted by atomic mass is 10.1. The van der Waals surface area contributed by atoms with Gasteiger partial charge in [-0.1, -0.05) is 38.7 Å². The molecular formula is C20H33N3O2S. The number of rotatable bonds is 4. The fourth-order valence-corrected chi connectivity index (χ4v) is 2.92. The third kappa shape index (κ3) is 7.97. The molecule has 0 aromatic rings. The second kappa shape index (κ2) is 14.3. The molecule has 0 radical (unpaired) electrons. The monoisotopic (exact) mass is 379 g/mol. The molecule has 26 heavy (non-hydrogen) atoms. The van der Waals surface area contributed by atoms with Gasteiger partial charge in [0.05, 0.1) is 12.0 Å². The van der Waals surface area contributed by atoms with Crippen molar-refractivity contribution in [3.63, 3.8) is 0 Å². The van der Waals surface area contributed by atoms with Crippen LogP contribution in [0.5, 0.6) is 0 Å². The van der Waals surface area contributed by atoms with Gasteiger partial charge >= 0.3 is 6.03 Å². The van der Waals surface area contributed by atoms with Crippen LogP contribution in [-0.2, 0) is 4.74 Å². The van der Waals surface area contributed by atoms with Crippen molar-refractivity contribution in [1.82, 2.24) is 14.9 Å². The number of amides is 2. The van der Waals surface area contributed by atoms with Crippen molar-refractivity contribution in [3.8, 4) is 0 Å². The van der Waals surface area contributed by atoms with E-state index in [1.165, 1.54) is 4.91 Å². The molecule has 1 aliphatic heterocycles. The van der Waals surface area contributed by atoms with E-state index >= 15 is 0 Å². The van der Waals surface area contributed by atoms with Gasteiger partial charge in [0.1, 0.15) is 5.76 Å². The standard InChI is InChI=1S/C10H14N2O.C8H13NOS.C2H6/c1-4-6-9-8(5-2)7-12(3)10(13)11-9;1-9-11-8-6-4-3-5-7(8)10-2;1-2/h4-6H,1,7H2,2-3H3,(H,11,13);4,6,9H,3,5H2,1-2H3;1-2H3/b8-5-,9-6+;;. The van der Waals surface area contributed by atoms with E-state index in [0.717, 1.165) is 29.9 Å². The maximum Gasteiger partial charge on any atom is 0.321 e. The normalized spacial score (nSPS) is 19.3. The van der Waals surface area contributed by atoms with Crippen LogP contribution in [0.25, 0.3) is 0 Å². The maximum absolute atomic E-state index is 11.3. The number of ether oxygens (including phenoxy) is 1. The van der Waals surface area contributed by atoms with Crippen molar-refractivity contribution < 1.29 is 9.53 Å². The minimum Gasteiger partial charge on any atom is -0.500 e. The van der Waals surface area contributed by atoms with E-state index in [1.807, 2.05) is 33.9 Å². The van der Waals surface area contributed by atoms with Crippen molar-refractivity contribution >= 4 is 18.0 Å². The van der Waals surface area contributed by atoms with Gasteiger partial charge in [0, 0.05) is 25.7 Å². The third-order valence-electron chi connectivity index (χ3n) is 3.52. The molecule has 2 aliphatic rings. The number of hydrogen-bond acceptors (Lipinski definition) is 4. The molecule has 0 atom stereocenters. The van der Waals surface area contributed by atoms with Gasteiger partial charge in [0.25, 0.3) is 0 Å². The molecule has 0 spiro atoms. The van der Waals surface area contributed by atoms with Gasteiger partial charge in [0.2, 0.25) is 0 Å². The minimum atomic E-state index is -0.0706. The Balaban J connectivity index is 0.000000444. The van der Waals surface area contributed by atoms with Gasteiger partial charge in [-0.05, 0) is 50.1 Å². The number of carbonyl (C=O) groups is 1. The van der Waals surface area contributed by atoms with Gasteiger partial charge < -0.3 is 15.0 Å². The van der Waals surface area contributed by atoms with Crippen molar-refractivity contribution in [2.75, 3.05) is 27.7 Å². The highest BCUT2D eigenvalue weighted by atomic mass is 32.2. The number of methoxy groups -OCH3 is 1. The summed E-state index contributed by atoms with van der Waals surface area (Å²) in [6, 6.07) is -0.0706. The Morgan fingerprint density at radius 3 is 2.65 bits per heavy atom. The van der Waals surface area contributed by atoms with Crippen LogP contribution in [0.2, 0.25) is 0 Å². The lowest BCUT2D eigenvalue weighted by Gasteiger charge is -2.27. The van der Waals surface area contributed by atoms with Crippen molar-refractivity contribution in [1.29, 1.82) is 0 Å². The van der Waals surface area contributed by atoms with E-state index in [0.29, 0.717) is 6.54 Å². The summed E-state index contributed by atoms with van der Waals surface area (Å²) in [6.45, 7) is 10.2. The van der Waals surface area contributed by atoms with E-state index in [9.17, 15) is 4.79 Å². The van der Waals surface area contributed by atoms with Crippen LogP contribution in [0.1, 0.15) is 33.6 Å². The fraction of sp³-hybridized carbons (Fsp3) is 0.450. The summed E-state index contributed by atoms with van der Waals surface area (Å²) in [5, 5.41) is 2.78. The molecule has 2 rings (SSSR count). The molecule has 6 heteroatoms. The Bertz CT molecular complexity index is 578. The predicted octanol–water partition coefficient (Wildman–Crippen LogP) is 4.75. The zero-order chi connectivity index (χ0) is 19.9. The Hall–Kier alpha value is -1.92. The Morgan fingerprint density at radius 2 is 2.12 bits per heavy atom. The molecular weight excluding hydrogens is 346 g/mol. The Labute approximate surface area is 163 Å². The second-order valence-electron chi connectivity index (χ2n) is 5.15. The highest BCUT2D eigenvalue weighted by Gasteiger charge is 2.19. The first-order valence-electron chi connectivity index (χ1n) is 8.85. The molecule has 0 saturated carbocycles. The number of likely N-dealkylation sites (N-methyl/N-ethyl adjacent to an activating group) is 1. The lowest BCUT2D eigenvalue weighted by Crippen LogP contribution is -2.44. The molecule has 5 nitrogen and oxygen atoms in total. The third-order valence-corrected chi connectivity index (χ3v) is 4.30. The molecule has 0 unspecified atom stereocenters. The quantitative estimate of drug-likeness (QED) is 0.693. The van der Waals surface area contributed by atoms with E-state index in [-0.39, 0.29) is 6.03 Å². The van der Waals surface area contributed by atoms with Crippen LogP contribution >= 0.6 is 11.9 Å². The average molecular weight is 380 g/mol. The number of allylic oxidation sites excluding steroid dienone is 6. The first-order chi connectivity index (χ1) is 12.6. The molecule has 1 heterocycles. The summed E-state index contributed by atoms with van der Waals surface area (Å²) in [7, 11) is 5.40. The van der Waals surface area contributed by atoms with Crippen molar-refractivity contribution in [2.45, 2.75) is 33.6 Å². The first-order valence-corrected chi connectivity index (χ1v) is 9.66. The van der Waals surface area contributed by atoms with E-state index in [1.54, 1.807) is 43.2 Å². The molecule has 0 bridgehead atoms. The van der Waals surface area contributed by atoms with Gasteiger partial charge in [-0.2, -0.15) is 0 Å². The summed E-state index contributed by atoms with van der Waals surface area (Å²) in [5.74, 6) is 1.09. The zero-order valence-corrected chi connectivity index (χ0v) is 17.7. The minimum absolute atomic E-state index is 0.0706. The molecule has 1 saturated heterocycles. The number of hydrogen-bond donors (Lipinski definition) is 2. The highest BCUT2D eigenvalue weighted by Crippen LogP contribution is 2.26. The second-order valence-corrected chi connectivity index (χ2v) is 6.21. The topological polar surface area (TPSA) is 53.6 Å². The number of urea groups is 1. The van der Waals surface area contributed by atoms with Gasteiger partial charge in [-0.3, -0.25) is 4.72 Å². The molecule has 1 fully saturated rings. The van der Waals surface area contributed by atoms with Gasteiger partial charge in [-0.15, -0.1) is 0 Å². The van der Waals surface area contributed by atoms with Crippen molar-refractivity contribution in [2.24, 2.45) is 0 Å². The van der Waals surface area contributed by atoms with E-state index < -0.39 is 0 Å². The Morgan fingerprint density at radius 1 is 1.42 bits per heavy atom. The lowest BCUT2D eigenvalue weighted by molar-refractivity contribution is 0.211. The van der Waals surface area contributed by atoms with Crippen LogP contribution in [0, 0.1) is 0 Å². The van der Waals surface area contributed by atoms with Crippen molar-refractivity contribution in [3.05, 3.63) is 58.9 Å². The smallest absolute Gasteiger partial charge is 0.321 e. The Kier molecular flexibility index (Phi) is 13.2. The average Bonchev–Trinajstić information content (AvgIpc) is 2.67. The fourth-order valence-electron chi connectivity index (χ4n) is 2.24. The highest BCUT2D eigenvalue weighted by molar-refractivity contribution is 8.01. The summed E-state index contributed by atoms with van der Waals surface area (Å²) >= 11 is 1.60. The van der Waals surface area contributed by atoms with Gasteiger partial charge in [0.15, 0.2) is 0 Å². The molecule has 2 N–H and O–H groups in total. The summed E-state index contributed by atoms with van der Waals surface area (Å²) in [6.07, 6.45) is 11.9. The molecule has 0 aromatic carbocycles. The molecule has 2 amide bonds. The first kappa shape index (κ1) is 24.1. The summed E-state index contributed by atoms with van der Waals surface area (Å²) < 4.78 is 8.25. The SMILES string of the molecule is C=C/C=C1/NC(=O)N(C)C/C1=C/C.CC.CNSC1=C(OC)CCC=C1. The number of carbonyl (C=O) groups excluding carboxylic acids is 1. The molecule has 146 valence electrons. The van der Waals surface area contributed by atoms with Crippen LogP contribution in [0.3, 0.4) is 0 Å². The zero-order valence-electron chi connectivity index (χ0n) is 16.9. The molecule has 1 aliphatic carbocycles. The number of nitrogens with zero attached hydrogens (tertiary/aromatic N) is 1. The summed E-state index contributed by atoms with van der Waals surface area (Å²) in [5.41, 5.74) is 1.96. The van der Waals surface area contributed by atoms with Crippen LogP contribution in [-0.4, -0.2) is 38.7 Å². The summed E-state index contributed by atoms with van der Waals surface area (Å²) in [4.78, 5) is 14.1. The maximum atomic E-state index is 11.3.